The minimum absolute atomic E-state index is 0.0619. The number of nitrogens with one attached hydrogen (secondary N) is 1. The van der Waals surface area contributed by atoms with Crippen molar-refractivity contribution < 1.29 is 13.2 Å². The van der Waals surface area contributed by atoms with Gasteiger partial charge in [-0.1, -0.05) is 71.7 Å². The minimum atomic E-state index is -4.06. The Hall–Kier alpha value is -2.54. The van der Waals surface area contributed by atoms with Gasteiger partial charge in [-0.25, -0.2) is 8.42 Å². The molecular weight excluding hydrogens is 467 g/mol. The molecule has 1 amide bonds. The minimum Gasteiger partial charge on any atom is -0.348 e. The van der Waals surface area contributed by atoms with E-state index in [2.05, 4.69) is 11.4 Å². The highest BCUT2D eigenvalue weighted by atomic mass is 35.5. The summed E-state index contributed by atoms with van der Waals surface area (Å²) in [6.07, 6.45) is 2.72. The van der Waals surface area contributed by atoms with Gasteiger partial charge in [0.15, 0.2) is 0 Å². The lowest BCUT2D eigenvalue weighted by atomic mass is 9.88. The van der Waals surface area contributed by atoms with Crippen LogP contribution in [0.2, 0.25) is 10.0 Å². The van der Waals surface area contributed by atoms with Crippen molar-refractivity contribution in [2.45, 2.75) is 30.2 Å². The zero-order valence-electron chi connectivity index (χ0n) is 17.2. The molecule has 4 rings (SSSR count). The van der Waals surface area contributed by atoms with E-state index in [1.807, 2.05) is 18.2 Å². The third kappa shape index (κ3) is 4.63. The Bertz CT molecular complexity index is 1230. The molecule has 1 N–H and O–H groups in total. The van der Waals surface area contributed by atoms with Gasteiger partial charge in [-0.05, 0) is 54.7 Å². The first-order valence-corrected chi connectivity index (χ1v) is 12.5. The van der Waals surface area contributed by atoms with Crippen LogP contribution >= 0.6 is 23.2 Å². The van der Waals surface area contributed by atoms with Crippen LogP contribution in [-0.2, 0) is 21.2 Å². The predicted octanol–water partition coefficient (Wildman–Crippen LogP) is 5.38. The molecule has 0 heterocycles. The van der Waals surface area contributed by atoms with Crippen LogP contribution in [0.1, 0.15) is 30.0 Å². The highest BCUT2D eigenvalue weighted by Gasteiger charge is 2.30. The topological polar surface area (TPSA) is 66.5 Å². The van der Waals surface area contributed by atoms with E-state index in [1.165, 1.54) is 23.8 Å². The second-order valence-electron chi connectivity index (χ2n) is 7.61. The van der Waals surface area contributed by atoms with E-state index in [9.17, 15) is 13.2 Å². The molecule has 1 atom stereocenters. The molecule has 32 heavy (non-hydrogen) atoms. The number of hydrogen-bond donors (Lipinski definition) is 1. The lowest BCUT2D eigenvalue weighted by Crippen LogP contribution is -2.42. The van der Waals surface area contributed by atoms with Crippen LogP contribution in [0.4, 0.5) is 5.69 Å². The van der Waals surface area contributed by atoms with Gasteiger partial charge < -0.3 is 5.32 Å². The Labute approximate surface area is 198 Å². The van der Waals surface area contributed by atoms with E-state index in [0.29, 0.717) is 0 Å². The van der Waals surface area contributed by atoms with Crippen molar-refractivity contribution in [2.24, 2.45) is 0 Å². The zero-order chi connectivity index (χ0) is 22.7. The second kappa shape index (κ2) is 9.53. The van der Waals surface area contributed by atoms with Crippen LogP contribution in [-0.4, -0.2) is 20.9 Å². The van der Waals surface area contributed by atoms with Crippen LogP contribution < -0.4 is 9.62 Å². The fraction of sp³-hybridized carbons (Fsp3) is 0.208. The molecule has 0 fully saturated rings. The van der Waals surface area contributed by atoms with Crippen LogP contribution in [0.5, 0.6) is 0 Å². The number of fused-ring (bicyclic) bond motifs is 1. The molecule has 0 bridgehead atoms. The number of halogens is 2. The number of amides is 1. The molecular formula is C24H22Cl2N2O3S. The number of nitrogens with zero attached hydrogens (tertiary/aromatic N) is 1. The Balaban J connectivity index is 1.66. The van der Waals surface area contributed by atoms with Crippen LogP contribution in [0.3, 0.4) is 0 Å². The van der Waals surface area contributed by atoms with Crippen molar-refractivity contribution in [2.75, 3.05) is 10.8 Å². The summed E-state index contributed by atoms with van der Waals surface area (Å²) in [5.41, 5.74) is 2.43. The van der Waals surface area contributed by atoms with Gasteiger partial charge in [0, 0.05) is 0 Å². The van der Waals surface area contributed by atoms with E-state index in [0.717, 1.165) is 29.1 Å². The van der Waals surface area contributed by atoms with E-state index in [-0.39, 0.29) is 26.7 Å². The molecule has 8 heteroatoms. The number of aryl methyl sites for hydroxylation is 1. The maximum absolute atomic E-state index is 13.5. The van der Waals surface area contributed by atoms with Gasteiger partial charge in [-0.15, -0.1) is 0 Å². The number of rotatable bonds is 6. The average Bonchev–Trinajstić information content (AvgIpc) is 2.80. The predicted molar refractivity (Wildman–Crippen MR) is 128 cm³/mol. The third-order valence-electron chi connectivity index (χ3n) is 5.52. The highest BCUT2D eigenvalue weighted by Crippen LogP contribution is 2.35. The molecule has 0 aliphatic heterocycles. The van der Waals surface area contributed by atoms with Crippen molar-refractivity contribution in [3.8, 4) is 0 Å². The first-order chi connectivity index (χ1) is 15.4. The third-order valence-corrected chi connectivity index (χ3v) is 8.11. The number of sulfonamides is 1. The molecule has 0 aromatic heterocycles. The number of anilines is 1. The fourth-order valence-corrected chi connectivity index (χ4v) is 5.88. The Morgan fingerprint density at radius 1 is 0.969 bits per heavy atom. The van der Waals surface area contributed by atoms with E-state index < -0.39 is 22.5 Å². The lowest BCUT2D eigenvalue weighted by molar-refractivity contribution is -0.120. The number of hydrogen-bond acceptors (Lipinski definition) is 3. The summed E-state index contributed by atoms with van der Waals surface area (Å²) in [7, 11) is -4.06. The summed E-state index contributed by atoms with van der Waals surface area (Å²) in [6, 6.07) is 20.5. The first-order valence-electron chi connectivity index (χ1n) is 10.3. The molecule has 5 nitrogen and oxygen atoms in total. The Morgan fingerprint density at radius 3 is 2.47 bits per heavy atom. The number of carbonyl (C=O) groups is 1. The number of carbonyl (C=O) groups excluding carboxylic acids is 1. The summed E-state index contributed by atoms with van der Waals surface area (Å²) in [4.78, 5) is 13.1. The molecule has 0 saturated heterocycles. The Morgan fingerprint density at radius 2 is 1.69 bits per heavy atom. The van der Waals surface area contributed by atoms with E-state index >= 15 is 0 Å². The summed E-state index contributed by atoms with van der Waals surface area (Å²) in [6.45, 7) is -0.421. The van der Waals surface area contributed by atoms with E-state index in [1.54, 1.807) is 30.3 Å². The summed E-state index contributed by atoms with van der Waals surface area (Å²) in [5.74, 6) is -0.415. The maximum atomic E-state index is 13.5. The summed E-state index contributed by atoms with van der Waals surface area (Å²) < 4.78 is 27.9. The standard InChI is InChI=1S/C24H22Cl2N2O3S/c25-20-13-7-15-22(24(20)26)28(32(30,31)18-10-2-1-3-11-18)16-23(29)27-21-14-6-9-17-8-4-5-12-19(17)21/h1-5,7-8,10-13,15,21H,6,9,14,16H2,(H,27,29)/t21-/m0/s1. The molecule has 0 saturated carbocycles. The molecule has 166 valence electrons. The zero-order valence-corrected chi connectivity index (χ0v) is 19.5. The molecule has 0 unspecified atom stereocenters. The summed E-state index contributed by atoms with van der Waals surface area (Å²) >= 11 is 12.5. The average molecular weight is 489 g/mol. The van der Waals surface area contributed by atoms with Gasteiger partial charge in [0.1, 0.15) is 6.54 Å². The maximum Gasteiger partial charge on any atom is 0.264 e. The van der Waals surface area contributed by atoms with Gasteiger partial charge in [-0.2, -0.15) is 0 Å². The SMILES string of the molecule is O=C(CN(c1cccc(Cl)c1Cl)S(=O)(=O)c1ccccc1)N[C@H]1CCCc2ccccc21. The van der Waals surface area contributed by atoms with Crippen LogP contribution in [0.25, 0.3) is 0 Å². The van der Waals surface area contributed by atoms with Gasteiger partial charge in [0.2, 0.25) is 5.91 Å². The number of benzene rings is 3. The fourth-order valence-electron chi connectivity index (χ4n) is 3.98. The highest BCUT2D eigenvalue weighted by molar-refractivity contribution is 7.92. The monoisotopic (exact) mass is 488 g/mol. The molecule has 0 radical (unpaired) electrons. The van der Waals surface area contributed by atoms with Gasteiger partial charge in [0.05, 0.1) is 26.7 Å². The largest absolute Gasteiger partial charge is 0.348 e. The molecule has 3 aromatic rings. The van der Waals surface area contributed by atoms with Crippen molar-refractivity contribution >= 4 is 44.8 Å². The van der Waals surface area contributed by atoms with Gasteiger partial charge in [0.25, 0.3) is 10.0 Å². The smallest absolute Gasteiger partial charge is 0.264 e. The quantitative estimate of drug-likeness (QED) is 0.506. The van der Waals surface area contributed by atoms with Gasteiger partial charge in [-0.3, -0.25) is 9.10 Å². The lowest BCUT2D eigenvalue weighted by Gasteiger charge is -2.29. The molecule has 3 aromatic carbocycles. The van der Waals surface area contributed by atoms with Crippen molar-refractivity contribution in [3.63, 3.8) is 0 Å². The van der Waals surface area contributed by atoms with Crippen molar-refractivity contribution in [3.05, 3.63) is 94.0 Å². The van der Waals surface area contributed by atoms with E-state index in [4.69, 9.17) is 23.2 Å². The molecule has 1 aliphatic carbocycles. The van der Waals surface area contributed by atoms with Gasteiger partial charge >= 0.3 is 0 Å². The van der Waals surface area contributed by atoms with Crippen LogP contribution in [0, 0.1) is 0 Å². The van der Waals surface area contributed by atoms with Crippen LogP contribution in [0.15, 0.2) is 77.7 Å². The molecule has 1 aliphatic rings. The first kappa shape index (κ1) is 22.6. The normalized spacial score (nSPS) is 15.6. The van der Waals surface area contributed by atoms with Crippen molar-refractivity contribution in [1.29, 1.82) is 0 Å². The second-order valence-corrected chi connectivity index (χ2v) is 10.3. The van der Waals surface area contributed by atoms with Crippen molar-refractivity contribution in [1.82, 2.24) is 5.32 Å². The Kier molecular flexibility index (Phi) is 6.74. The summed E-state index contributed by atoms with van der Waals surface area (Å²) in [5, 5.41) is 3.29. The molecule has 0 spiro atoms.